The summed E-state index contributed by atoms with van der Waals surface area (Å²) in [5.41, 5.74) is 1.59. The van der Waals surface area contributed by atoms with E-state index in [4.69, 9.17) is 9.47 Å². The number of rotatable bonds is 4. The van der Waals surface area contributed by atoms with Gasteiger partial charge >= 0.3 is 12.3 Å². The van der Waals surface area contributed by atoms with Gasteiger partial charge in [-0.25, -0.2) is 14.8 Å². The lowest BCUT2D eigenvalue weighted by Gasteiger charge is -2.29. The Hall–Kier alpha value is -3.75. The zero-order valence-electron chi connectivity index (χ0n) is 16.6. The van der Waals surface area contributed by atoms with E-state index >= 15 is 0 Å². The van der Waals surface area contributed by atoms with Gasteiger partial charge in [0.25, 0.3) is 0 Å². The number of carbonyl (C=O) groups is 1. The van der Waals surface area contributed by atoms with E-state index in [-0.39, 0.29) is 0 Å². The summed E-state index contributed by atoms with van der Waals surface area (Å²) < 4.78 is 49.8. The molecule has 1 aliphatic rings. The van der Waals surface area contributed by atoms with Gasteiger partial charge in [0.2, 0.25) is 6.23 Å². The van der Waals surface area contributed by atoms with Crippen LogP contribution in [0.25, 0.3) is 11.3 Å². The van der Waals surface area contributed by atoms with Crippen molar-refractivity contribution < 1.29 is 27.4 Å². The molecule has 1 amide bonds. The molecule has 0 aliphatic carbocycles. The van der Waals surface area contributed by atoms with Crippen molar-refractivity contribution in [1.82, 2.24) is 9.99 Å². The lowest BCUT2D eigenvalue weighted by molar-refractivity contribution is -0.137. The van der Waals surface area contributed by atoms with Gasteiger partial charge in [-0.3, -0.25) is 4.98 Å². The lowest BCUT2D eigenvalue weighted by Crippen LogP contribution is -2.36. The number of amides is 1. The van der Waals surface area contributed by atoms with Gasteiger partial charge in [-0.05, 0) is 42.5 Å². The number of carbonyl (C=O) groups excluding carboxylic acids is 1. The Morgan fingerprint density at radius 1 is 1.06 bits per heavy atom. The summed E-state index contributed by atoms with van der Waals surface area (Å²) in [5.74, 6) is 0.460. The van der Waals surface area contributed by atoms with E-state index in [0.717, 1.165) is 17.7 Å². The predicted molar refractivity (Wildman–Crippen MR) is 107 cm³/mol. The standard InChI is InChI=1S/C22H18F3N3O3/c1-27-21(29)31-20(14-6-9-16(10-7-14)22(23,24)25)28(27)18-13-15(8-11-19(18)30-2)17-5-3-4-12-26-17/h3-13,20H,1-2H3. The Morgan fingerprint density at radius 2 is 1.81 bits per heavy atom. The highest BCUT2D eigenvalue weighted by atomic mass is 19.4. The van der Waals surface area contributed by atoms with Crippen LogP contribution in [-0.2, 0) is 10.9 Å². The number of nitrogens with zero attached hydrogens (tertiary/aromatic N) is 3. The summed E-state index contributed by atoms with van der Waals surface area (Å²) in [6, 6.07) is 15.4. The third-order valence-electron chi connectivity index (χ3n) is 4.93. The minimum atomic E-state index is -4.46. The van der Waals surface area contributed by atoms with Crippen LogP contribution in [0.15, 0.2) is 66.9 Å². The number of hydrazine groups is 1. The van der Waals surface area contributed by atoms with Gasteiger partial charge in [0.15, 0.2) is 0 Å². The number of cyclic esters (lactones) is 1. The van der Waals surface area contributed by atoms with E-state index in [0.29, 0.717) is 22.7 Å². The first-order valence-corrected chi connectivity index (χ1v) is 9.29. The van der Waals surface area contributed by atoms with Crippen LogP contribution in [0, 0.1) is 0 Å². The van der Waals surface area contributed by atoms with Crippen LogP contribution in [0.5, 0.6) is 5.75 Å². The Kier molecular flexibility index (Phi) is 5.18. The van der Waals surface area contributed by atoms with Crippen LogP contribution in [0.2, 0.25) is 0 Å². The van der Waals surface area contributed by atoms with Crippen molar-refractivity contribution in [3.8, 4) is 17.0 Å². The lowest BCUT2D eigenvalue weighted by atomic mass is 10.1. The van der Waals surface area contributed by atoms with Crippen molar-refractivity contribution >= 4 is 11.8 Å². The van der Waals surface area contributed by atoms with Crippen molar-refractivity contribution in [2.24, 2.45) is 0 Å². The molecule has 0 saturated carbocycles. The summed E-state index contributed by atoms with van der Waals surface area (Å²) in [7, 11) is 3.00. The fraction of sp³-hybridized carbons (Fsp3) is 0.182. The van der Waals surface area contributed by atoms with Crippen LogP contribution in [0.4, 0.5) is 23.7 Å². The number of methoxy groups -OCH3 is 1. The smallest absolute Gasteiger partial charge is 0.430 e. The molecular weight excluding hydrogens is 411 g/mol. The van der Waals surface area contributed by atoms with Crippen molar-refractivity contribution in [2.75, 3.05) is 19.2 Å². The predicted octanol–water partition coefficient (Wildman–Crippen LogP) is 5.28. The SMILES string of the molecule is COc1ccc(-c2ccccn2)cc1N1C(c2ccc(C(F)(F)F)cc2)OC(=O)N1C. The quantitative estimate of drug-likeness (QED) is 0.565. The second-order valence-corrected chi connectivity index (χ2v) is 6.83. The van der Waals surface area contributed by atoms with Gasteiger partial charge in [0, 0.05) is 24.4 Å². The minimum absolute atomic E-state index is 0.385. The normalized spacial score (nSPS) is 16.4. The Morgan fingerprint density at radius 3 is 2.42 bits per heavy atom. The van der Waals surface area contributed by atoms with Crippen LogP contribution < -0.4 is 9.75 Å². The highest BCUT2D eigenvalue weighted by Crippen LogP contribution is 2.42. The van der Waals surface area contributed by atoms with Crippen LogP contribution in [-0.4, -0.2) is 30.2 Å². The van der Waals surface area contributed by atoms with Gasteiger partial charge in [-0.2, -0.15) is 13.2 Å². The highest BCUT2D eigenvalue weighted by Gasteiger charge is 2.40. The second kappa shape index (κ2) is 7.82. The van der Waals surface area contributed by atoms with Crippen LogP contribution in [0.3, 0.4) is 0 Å². The Labute approximate surface area is 176 Å². The summed E-state index contributed by atoms with van der Waals surface area (Å²) in [6.07, 6.45) is -4.40. The third kappa shape index (κ3) is 3.86. The molecule has 0 radical (unpaired) electrons. The monoisotopic (exact) mass is 429 g/mol. The van der Waals surface area contributed by atoms with Crippen molar-refractivity contribution in [1.29, 1.82) is 0 Å². The molecule has 9 heteroatoms. The molecule has 1 saturated heterocycles. The number of pyridine rings is 1. The van der Waals surface area contributed by atoms with Crippen molar-refractivity contribution in [3.63, 3.8) is 0 Å². The summed E-state index contributed by atoms with van der Waals surface area (Å²) in [4.78, 5) is 16.7. The third-order valence-corrected chi connectivity index (χ3v) is 4.93. The fourth-order valence-corrected chi connectivity index (χ4v) is 3.36. The number of aromatic nitrogens is 1. The molecule has 6 nitrogen and oxygen atoms in total. The Balaban J connectivity index is 1.78. The number of hydrogen-bond donors (Lipinski definition) is 0. The zero-order chi connectivity index (χ0) is 22.2. The molecule has 1 unspecified atom stereocenters. The number of ether oxygens (including phenoxy) is 2. The maximum atomic E-state index is 12.9. The van der Waals surface area contributed by atoms with Crippen molar-refractivity contribution in [2.45, 2.75) is 12.4 Å². The summed E-state index contributed by atoms with van der Waals surface area (Å²) in [6.45, 7) is 0. The molecule has 31 heavy (non-hydrogen) atoms. The molecule has 1 fully saturated rings. The number of hydrogen-bond acceptors (Lipinski definition) is 5. The van der Waals surface area contributed by atoms with Crippen molar-refractivity contribution in [3.05, 3.63) is 78.0 Å². The van der Waals surface area contributed by atoms with Gasteiger partial charge in [-0.1, -0.05) is 18.2 Å². The van der Waals surface area contributed by atoms with Gasteiger partial charge in [0.1, 0.15) is 11.4 Å². The molecular formula is C22H18F3N3O3. The minimum Gasteiger partial charge on any atom is -0.495 e. The summed E-state index contributed by atoms with van der Waals surface area (Å²) in [5, 5.41) is 2.79. The molecule has 0 spiro atoms. The van der Waals surface area contributed by atoms with E-state index in [9.17, 15) is 18.0 Å². The van der Waals surface area contributed by atoms with E-state index in [1.807, 2.05) is 18.2 Å². The molecule has 1 aliphatic heterocycles. The molecule has 0 N–H and O–H groups in total. The largest absolute Gasteiger partial charge is 0.495 e. The molecule has 3 aromatic rings. The number of anilines is 1. The molecule has 1 aromatic heterocycles. The molecule has 0 bridgehead atoms. The molecule has 1 atom stereocenters. The summed E-state index contributed by atoms with van der Waals surface area (Å²) >= 11 is 0. The molecule has 4 rings (SSSR count). The average Bonchev–Trinajstić information content (AvgIpc) is 3.07. The maximum absolute atomic E-state index is 12.9. The first kappa shape index (κ1) is 20.5. The van der Waals surface area contributed by atoms with E-state index < -0.39 is 24.1 Å². The second-order valence-electron chi connectivity index (χ2n) is 6.83. The fourth-order valence-electron chi connectivity index (χ4n) is 3.36. The van der Waals surface area contributed by atoms with E-state index in [1.54, 1.807) is 24.4 Å². The van der Waals surface area contributed by atoms with Gasteiger partial charge in [0.05, 0.1) is 18.4 Å². The van der Waals surface area contributed by atoms with E-state index in [2.05, 4.69) is 4.98 Å². The van der Waals surface area contributed by atoms with Crippen LogP contribution >= 0.6 is 0 Å². The number of benzene rings is 2. The zero-order valence-corrected chi connectivity index (χ0v) is 16.6. The first-order valence-electron chi connectivity index (χ1n) is 9.29. The molecule has 2 aromatic carbocycles. The average molecular weight is 429 g/mol. The van der Waals surface area contributed by atoms with Crippen LogP contribution in [0.1, 0.15) is 17.4 Å². The molecule has 2 heterocycles. The van der Waals surface area contributed by atoms with Gasteiger partial charge in [-0.15, -0.1) is 0 Å². The Bertz CT molecular complexity index is 1090. The highest BCUT2D eigenvalue weighted by molar-refractivity contribution is 5.78. The topological polar surface area (TPSA) is 54.9 Å². The van der Waals surface area contributed by atoms with E-state index in [1.165, 1.54) is 36.3 Å². The first-order chi connectivity index (χ1) is 14.8. The maximum Gasteiger partial charge on any atom is 0.430 e. The van der Waals surface area contributed by atoms with Gasteiger partial charge < -0.3 is 9.47 Å². The number of alkyl halides is 3. The number of halogens is 3. The molecule has 160 valence electrons.